The van der Waals surface area contributed by atoms with E-state index >= 15 is 0 Å². The Morgan fingerprint density at radius 1 is 0.210 bits per heavy atom. The standard InChI is InChI=1S/C32H52B2N2O4.C26H48B2N2O4.C20H37BN2O2.6BrH/c1-29(2)30(3,4)38-33(37-29)27-17-15-23(19-25(27)21-35(9,10)11)24-16-18-28(26(20-24)22-36(12,13)14)34-39-31(5,6)32(7,8)40-34;1-23(2)24(3,4)32-27(31-23)21-15-20(18-30(12,13)14)22(16-19(21)17-29(9,10)11)28-33-25(5,6)26(7,8)34-28;1-19(2)20(3,4)25-21(24-19)18-12-11-16(14-22(5,6)7)13-17(18)15-23(8,9)10;;;;;;/h15-20H,21-22H2,1-14H3;15-16H,17-18H2,1-14H3;11-13H,14-15H2,1-10H3;6*1H/q3*+2;;;;;;/p-6. The zero-order valence-corrected chi connectivity index (χ0v) is 81.5. The van der Waals surface area contributed by atoms with Gasteiger partial charge in [-0.15, -0.1) is 0 Å². The van der Waals surface area contributed by atoms with Crippen molar-refractivity contribution in [3.8, 4) is 11.1 Å². The number of benzene rings is 4. The Morgan fingerprint density at radius 2 is 0.371 bits per heavy atom. The van der Waals surface area contributed by atoms with E-state index in [2.05, 4.69) is 332 Å². The first-order valence-electron chi connectivity index (χ1n) is 36.3. The molecule has 596 valence electrons. The third-order valence-corrected chi connectivity index (χ3v) is 21.6. The van der Waals surface area contributed by atoms with Crippen LogP contribution in [-0.4, -0.2) is 245 Å². The summed E-state index contributed by atoms with van der Waals surface area (Å²) < 4.78 is 69.6. The number of nitrogens with zero attached hydrogens (tertiary/aromatic N) is 6. The number of rotatable bonds is 18. The fourth-order valence-corrected chi connectivity index (χ4v) is 12.8. The van der Waals surface area contributed by atoms with Gasteiger partial charge in [-0.3, -0.25) is 0 Å². The highest BCUT2D eigenvalue weighted by atomic mass is 79.9. The lowest BCUT2D eigenvalue weighted by molar-refractivity contribution is -0.884. The van der Waals surface area contributed by atoms with E-state index in [0.29, 0.717) is 0 Å². The van der Waals surface area contributed by atoms with Gasteiger partial charge < -0.3 is 175 Å². The molecule has 0 bridgehead atoms. The van der Waals surface area contributed by atoms with E-state index in [1.54, 1.807) is 0 Å². The smallest absolute Gasteiger partial charge is 0.495 e. The van der Waals surface area contributed by atoms with Crippen molar-refractivity contribution in [2.24, 2.45) is 0 Å². The highest BCUT2D eigenvalue weighted by Crippen LogP contribution is 2.42. The molecule has 0 spiro atoms. The maximum atomic E-state index is 6.53. The molecule has 0 aliphatic carbocycles. The molecule has 27 heteroatoms. The summed E-state index contributed by atoms with van der Waals surface area (Å²) in [6, 6.07) is 24.8. The first-order valence-corrected chi connectivity index (χ1v) is 36.3. The lowest BCUT2D eigenvalue weighted by atomic mass is 9.68. The summed E-state index contributed by atoms with van der Waals surface area (Å²) in [4.78, 5) is 0. The monoisotopic (exact) mass is 1850 g/mol. The van der Waals surface area contributed by atoms with Crippen LogP contribution in [0, 0.1) is 0 Å². The second kappa shape index (κ2) is 34.9. The predicted molar refractivity (Wildman–Crippen MR) is 414 cm³/mol. The van der Waals surface area contributed by atoms with Crippen LogP contribution in [0.5, 0.6) is 0 Å². The SMILES string of the molecule is CC1(C)OB(c2cc(C[N+](C)(C)C)c(B3OC(C)(C)C(C)(C)O3)cc2C[N+](C)(C)C)OC1(C)C.CC1(C)OB(c2ccc(-c3ccc(B4OC(C)(C)C(C)(C)O4)c(C[N+](C)(C)C)c3)cc2C[N+](C)(C)C)OC1(C)C.CC1(C)OB(c2ccc(C[N+](C)(C)C)cc2C[N+](C)(C)C)OC1(C)C.[Br-].[Br-].[Br-].[Br-].[Br-].[Br-]. The van der Waals surface area contributed by atoms with E-state index in [-0.39, 0.29) is 157 Å². The molecule has 0 radical (unpaired) electrons. The lowest BCUT2D eigenvalue weighted by Crippen LogP contribution is -3.00. The second-order valence-electron chi connectivity index (χ2n) is 40.7. The zero-order chi connectivity index (χ0) is 75.5. The summed E-state index contributed by atoms with van der Waals surface area (Å²) >= 11 is 0. The minimum absolute atomic E-state index is 0. The van der Waals surface area contributed by atoms with Crippen molar-refractivity contribution in [2.75, 3.05) is 127 Å². The first-order chi connectivity index (χ1) is 44.1. The van der Waals surface area contributed by atoms with Crippen LogP contribution < -0.4 is 129 Å². The largest absolute Gasteiger partial charge is 1.00 e. The average molecular weight is 1850 g/mol. The number of halogens is 6. The van der Waals surface area contributed by atoms with E-state index in [1.807, 2.05) is 0 Å². The Morgan fingerprint density at radius 3 is 0.562 bits per heavy atom. The van der Waals surface area contributed by atoms with Crippen molar-refractivity contribution in [1.29, 1.82) is 0 Å². The molecule has 0 saturated carbocycles. The fraction of sp³-hybridized carbons (Fsp3) is 0.692. The van der Waals surface area contributed by atoms with Gasteiger partial charge >= 0.3 is 35.6 Å². The summed E-state index contributed by atoms with van der Waals surface area (Å²) in [5.41, 5.74) is 11.8. The fourth-order valence-electron chi connectivity index (χ4n) is 12.8. The van der Waals surface area contributed by atoms with Crippen LogP contribution in [0.1, 0.15) is 172 Å². The predicted octanol–water partition coefficient (Wildman–Crippen LogP) is -8.52. The van der Waals surface area contributed by atoms with E-state index in [9.17, 15) is 0 Å². The maximum absolute atomic E-state index is 6.53. The van der Waals surface area contributed by atoms with Gasteiger partial charge in [0.05, 0.1) is 183 Å². The highest BCUT2D eigenvalue weighted by Gasteiger charge is 2.58. The molecule has 0 unspecified atom stereocenters. The van der Waals surface area contributed by atoms with Crippen molar-refractivity contribution < 1.29 is 175 Å². The molecule has 5 aliphatic heterocycles. The third kappa shape index (κ3) is 25.7. The van der Waals surface area contributed by atoms with Gasteiger partial charge in [0.25, 0.3) is 0 Å². The topological polar surface area (TPSA) is 92.3 Å². The maximum Gasteiger partial charge on any atom is 0.495 e. The number of hydrogen-bond acceptors (Lipinski definition) is 10. The van der Waals surface area contributed by atoms with Gasteiger partial charge in [0.15, 0.2) is 0 Å². The van der Waals surface area contributed by atoms with Crippen LogP contribution in [0.4, 0.5) is 0 Å². The number of quaternary nitrogens is 6. The van der Waals surface area contributed by atoms with E-state index in [0.717, 1.165) is 93.5 Å². The normalized spacial score (nSPS) is 20.7. The van der Waals surface area contributed by atoms with Gasteiger partial charge in [-0.05, 0) is 195 Å². The van der Waals surface area contributed by atoms with Crippen molar-refractivity contribution in [2.45, 2.75) is 234 Å². The van der Waals surface area contributed by atoms with Gasteiger partial charge in [-0.25, -0.2) is 0 Å². The highest BCUT2D eigenvalue weighted by molar-refractivity contribution is 6.65. The van der Waals surface area contributed by atoms with Crippen LogP contribution in [0.3, 0.4) is 0 Å². The van der Waals surface area contributed by atoms with Gasteiger partial charge in [-0.1, -0.05) is 48.5 Å². The van der Waals surface area contributed by atoms with Gasteiger partial charge in [0, 0.05) is 33.4 Å². The van der Waals surface area contributed by atoms with Crippen LogP contribution in [0.25, 0.3) is 11.1 Å². The Labute approximate surface area is 704 Å². The molecule has 5 aliphatic rings. The molecule has 105 heavy (non-hydrogen) atoms. The van der Waals surface area contributed by atoms with Crippen LogP contribution in [-0.2, 0) is 85.8 Å². The molecular weight excluding hydrogens is 1710 g/mol. The molecule has 0 N–H and O–H groups in total. The van der Waals surface area contributed by atoms with Crippen LogP contribution in [0.15, 0.2) is 66.7 Å². The molecule has 4 aromatic rings. The lowest BCUT2D eigenvalue weighted by Gasteiger charge is -2.32. The average Bonchev–Trinajstić information content (AvgIpc) is 1.64. The number of hydrogen-bond donors (Lipinski definition) is 0. The van der Waals surface area contributed by atoms with Crippen molar-refractivity contribution in [3.05, 3.63) is 100 Å². The quantitative estimate of drug-likeness (QED) is 0.0708. The molecule has 5 saturated heterocycles. The third-order valence-electron chi connectivity index (χ3n) is 21.6. The van der Waals surface area contributed by atoms with Crippen LogP contribution >= 0.6 is 0 Å². The van der Waals surface area contributed by atoms with Crippen LogP contribution in [0.2, 0.25) is 0 Å². The van der Waals surface area contributed by atoms with E-state index in [4.69, 9.17) is 46.5 Å². The molecule has 5 heterocycles. The minimum Gasteiger partial charge on any atom is -1.00 e. The molecule has 0 atom stereocenters. The van der Waals surface area contributed by atoms with E-state index in [1.165, 1.54) is 44.5 Å². The summed E-state index contributed by atoms with van der Waals surface area (Å²) in [6.07, 6.45) is 0. The van der Waals surface area contributed by atoms with Crippen molar-refractivity contribution in [1.82, 2.24) is 0 Å². The molecule has 5 fully saturated rings. The Bertz CT molecular complexity index is 3310. The molecule has 16 nitrogen and oxygen atoms in total. The van der Waals surface area contributed by atoms with Gasteiger partial charge in [0.1, 0.15) is 39.3 Å². The summed E-state index contributed by atoms with van der Waals surface area (Å²) in [6.45, 7) is 47.6. The second-order valence-corrected chi connectivity index (χ2v) is 40.7. The first kappa shape index (κ1) is 102. The Kier molecular flexibility index (Phi) is 34.0. The molecule has 0 amide bonds. The Balaban J connectivity index is 0.000000784. The van der Waals surface area contributed by atoms with E-state index < -0.39 is 36.6 Å². The Hall–Kier alpha value is -0.555. The van der Waals surface area contributed by atoms with Crippen molar-refractivity contribution >= 4 is 62.9 Å². The molecule has 0 aromatic heterocycles. The van der Waals surface area contributed by atoms with Gasteiger partial charge in [0.2, 0.25) is 0 Å². The summed E-state index contributed by atoms with van der Waals surface area (Å²) in [7, 11) is 38.0. The summed E-state index contributed by atoms with van der Waals surface area (Å²) in [5, 5.41) is 0. The minimum atomic E-state index is -0.412. The summed E-state index contributed by atoms with van der Waals surface area (Å²) in [5.74, 6) is 0. The molecule has 9 rings (SSSR count). The molecule has 4 aromatic carbocycles. The zero-order valence-electron chi connectivity index (χ0n) is 72.0. The van der Waals surface area contributed by atoms with Gasteiger partial charge in [-0.2, -0.15) is 0 Å². The molecular formula is C78H137B5Br6N6O10. The van der Waals surface area contributed by atoms with Crippen molar-refractivity contribution in [3.63, 3.8) is 0 Å².